The van der Waals surface area contributed by atoms with Crippen LogP contribution in [0.3, 0.4) is 0 Å². The number of rotatable bonds is 6. The van der Waals surface area contributed by atoms with Crippen molar-refractivity contribution >= 4 is 11.9 Å². The molecule has 0 atom stereocenters. The molecule has 30 heavy (non-hydrogen) atoms. The molecule has 0 unspecified atom stereocenters. The second-order valence-electron chi connectivity index (χ2n) is 8.73. The van der Waals surface area contributed by atoms with Gasteiger partial charge in [-0.1, -0.05) is 35.5 Å². The highest BCUT2D eigenvalue weighted by molar-refractivity contribution is 5.78. The number of amides is 3. The maximum Gasteiger partial charge on any atom is 0.318 e. The normalized spacial score (nSPS) is 26.4. The van der Waals surface area contributed by atoms with E-state index in [4.69, 9.17) is 5.73 Å². The van der Waals surface area contributed by atoms with Gasteiger partial charge in [-0.15, -0.1) is 5.10 Å². The molecule has 2 fully saturated rings. The number of hydrogen-bond acceptors (Lipinski definition) is 5. The molecule has 2 aromatic rings. The molecule has 0 bridgehead atoms. The van der Waals surface area contributed by atoms with E-state index in [9.17, 15) is 9.59 Å². The lowest BCUT2D eigenvalue weighted by Crippen LogP contribution is -2.54. The largest absolute Gasteiger partial charge is 0.368 e. The monoisotopic (exact) mass is 411 g/mol. The predicted octanol–water partition coefficient (Wildman–Crippen LogP) is 1.06. The van der Waals surface area contributed by atoms with Crippen LogP contribution in [0.5, 0.6) is 0 Å². The van der Waals surface area contributed by atoms with Crippen molar-refractivity contribution in [1.29, 1.82) is 0 Å². The minimum atomic E-state index is -0.477. The third kappa shape index (κ3) is 3.77. The number of nitrogens with zero attached hydrogens (tertiary/aromatic N) is 5. The zero-order chi connectivity index (χ0) is 21.4. The Morgan fingerprint density at radius 3 is 2.53 bits per heavy atom. The number of hydrogen-bond donors (Lipinski definition) is 2. The molecule has 1 aromatic heterocycles. The quantitative estimate of drug-likeness (QED) is 0.739. The summed E-state index contributed by atoms with van der Waals surface area (Å²) >= 11 is 0. The lowest BCUT2D eigenvalue weighted by molar-refractivity contribution is -0.118. The van der Waals surface area contributed by atoms with Gasteiger partial charge in [-0.05, 0) is 45.3 Å². The Morgan fingerprint density at radius 2 is 1.90 bits per heavy atom. The van der Waals surface area contributed by atoms with Gasteiger partial charge in [-0.2, -0.15) is 0 Å². The molecule has 160 valence electrons. The zero-order valence-electron chi connectivity index (χ0n) is 17.5. The smallest absolute Gasteiger partial charge is 0.318 e. The number of nitrogens with two attached hydrogens (primary N) is 1. The molecular weight excluding hydrogens is 382 g/mol. The van der Waals surface area contributed by atoms with Crippen LogP contribution < -0.4 is 11.1 Å². The van der Waals surface area contributed by atoms with Crippen LogP contribution in [0.4, 0.5) is 4.79 Å². The molecule has 2 heterocycles. The van der Waals surface area contributed by atoms with Gasteiger partial charge in [0.2, 0.25) is 5.91 Å². The second-order valence-corrected chi connectivity index (χ2v) is 8.73. The summed E-state index contributed by atoms with van der Waals surface area (Å²) in [5.74, 6) is -0.477. The number of urea groups is 1. The Kier molecular flexibility index (Phi) is 5.23. The summed E-state index contributed by atoms with van der Waals surface area (Å²) in [6, 6.07) is 10.6. The van der Waals surface area contributed by atoms with E-state index in [2.05, 4.69) is 58.9 Å². The van der Waals surface area contributed by atoms with Crippen molar-refractivity contribution in [1.82, 2.24) is 30.1 Å². The van der Waals surface area contributed by atoms with Crippen molar-refractivity contribution < 1.29 is 9.59 Å². The van der Waals surface area contributed by atoms with Crippen LogP contribution in [-0.4, -0.2) is 62.9 Å². The fraction of sp³-hybridized carbons (Fsp3) is 0.524. The minimum absolute atomic E-state index is 0.0118. The van der Waals surface area contributed by atoms with Gasteiger partial charge in [0.1, 0.15) is 12.2 Å². The van der Waals surface area contributed by atoms with Crippen LogP contribution in [0.2, 0.25) is 0 Å². The number of primary amides is 1. The maximum absolute atomic E-state index is 12.7. The molecule has 1 saturated heterocycles. The molecule has 1 aliphatic heterocycles. The van der Waals surface area contributed by atoms with Crippen LogP contribution in [0, 0.1) is 0 Å². The Bertz CT molecular complexity index is 916. The summed E-state index contributed by atoms with van der Waals surface area (Å²) < 4.78 is 1.40. The van der Waals surface area contributed by atoms with Gasteiger partial charge in [-0.25, -0.2) is 9.48 Å². The summed E-state index contributed by atoms with van der Waals surface area (Å²) in [7, 11) is 4.28. The topological polar surface area (TPSA) is 109 Å². The summed E-state index contributed by atoms with van der Waals surface area (Å²) in [5, 5.41) is 11.2. The Balaban J connectivity index is 1.44. The highest BCUT2D eigenvalue weighted by Crippen LogP contribution is 2.45. The molecule has 3 amide bonds. The summed E-state index contributed by atoms with van der Waals surface area (Å²) in [5.41, 5.74) is 6.94. The molecule has 9 nitrogen and oxygen atoms in total. The molecule has 9 heteroatoms. The van der Waals surface area contributed by atoms with E-state index in [1.807, 2.05) is 6.07 Å². The van der Waals surface area contributed by atoms with E-state index in [1.54, 1.807) is 11.1 Å². The highest BCUT2D eigenvalue weighted by Gasteiger charge is 2.50. The van der Waals surface area contributed by atoms with E-state index < -0.39 is 5.91 Å². The number of carbonyl (C=O) groups is 2. The first-order chi connectivity index (χ1) is 14.3. The highest BCUT2D eigenvalue weighted by atomic mass is 16.2. The van der Waals surface area contributed by atoms with E-state index in [0.717, 1.165) is 25.7 Å². The lowest BCUT2D eigenvalue weighted by Gasteiger charge is -2.48. The predicted molar refractivity (Wildman–Crippen MR) is 111 cm³/mol. The number of benzene rings is 1. The van der Waals surface area contributed by atoms with Crippen molar-refractivity contribution in [3.8, 4) is 0 Å². The van der Waals surface area contributed by atoms with Gasteiger partial charge in [0.25, 0.3) is 0 Å². The molecule has 3 N–H and O–H groups in total. The summed E-state index contributed by atoms with van der Waals surface area (Å²) in [6.07, 6.45) is 5.45. The zero-order valence-corrected chi connectivity index (χ0v) is 17.5. The second kappa shape index (κ2) is 7.71. The van der Waals surface area contributed by atoms with Gasteiger partial charge >= 0.3 is 6.03 Å². The first-order valence-corrected chi connectivity index (χ1v) is 10.3. The van der Waals surface area contributed by atoms with E-state index in [1.165, 1.54) is 10.2 Å². The van der Waals surface area contributed by atoms with Crippen molar-refractivity contribution in [2.24, 2.45) is 5.73 Å². The van der Waals surface area contributed by atoms with E-state index in [-0.39, 0.29) is 23.7 Å². The molecular formula is C21H29N7O2. The molecule has 1 aromatic carbocycles. The minimum Gasteiger partial charge on any atom is -0.368 e. The van der Waals surface area contributed by atoms with Crippen LogP contribution in [0.15, 0.2) is 36.5 Å². The fourth-order valence-corrected chi connectivity index (χ4v) is 4.92. The Morgan fingerprint density at radius 1 is 1.20 bits per heavy atom. The van der Waals surface area contributed by atoms with Crippen molar-refractivity contribution in [2.45, 2.75) is 49.9 Å². The van der Waals surface area contributed by atoms with Gasteiger partial charge in [0.15, 0.2) is 0 Å². The first kappa shape index (κ1) is 20.3. The number of carbonyl (C=O) groups excluding carboxylic acids is 2. The molecule has 2 aliphatic rings. The van der Waals surface area contributed by atoms with Gasteiger partial charge in [-0.3, -0.25) is 9.69 Å². The van der Waals surface area contributed by atoms with Gasteiger partial charge < -0.3 is 16.0 Å². The average molecular weight is 412 g/mol. The van der Waals surface area contributed by atoms with Crippen molar-refractivity contribution in [3.63, 3.8) is 0 Å². The third-order valence-electron chi connectivity index (χ3n) is 6.61. The van der Waals surface area contributed by atoms with E-state index in [0.29, 0.717) is 18.8 Å². The van der Waals surface area contributed by atoms with Gasteiger partial charge in [0.05, 0.1) is 18.3 Å². The molecule has 1 aliphatic carbocycles. The lowest BCUT2D eigenvalue weighted by atomic mass is 9.69. The molecule has 0 radical (unpaired) electrons. The summed E-state index contributed by atoms with van der Waals surface area (Å²) in [6.45, 7) is 0.992. The van der Waals surface area contributed by atoms with Crippen molar-refractivity contribution in [2.75, 3.05) is 20.6 Å². The molecule has 1 saturated carbocycles. The number of aromatic nitrogens is 3. The van der Waals surface area contributed by atoms with Crippen LogP contribution >= 0.6 is 0 Å². The number of nitrogens with one attached hydrogen (secondary N) is 1. The third-order valence-corrected chi connectivity index (χ3v) is 6.61. The SMILES string of the molecule is CN(C)[C@]1(c2ccccc2)CC[C@]2(CC1)CN(Cc1cn(CC(N)=O)nn1)C(=O)N2. The van der Waals surface area contributed by atoms with Crippen molar-refractivity contribution in [3.05, 3.63) is 47.8 Å². The maximum atomic E-state index is 12.7. The van der Waals surface area contributed by atoms with Gasteiger partial charge in [0, 0.05) is 12.1 Å². The first-order valence-electron chi connectivity index (χ1n) is 10.3. The summed E-state index contributed by atoms with van der Waals surface area (Å²) in [4.78, 5) is 27.8. The van der Waals surface area contributed by atoms with Crippen LogP contribution in [0.25, 0.3) is 0 Å². The van der Waals surface area contributed by atoms with E-state index >= 15 is 0 Å². The standard InChI is InChI=1S/C21H29N7O2/c1-26(2)21(16-6-4-3-5-7-16)10-8-20(9-11-21)15-27(19(30)23-20)12-17-13-28(25-24-17)14-18(22)29/h3-7,13H,8-12,14-15H2,1-2H3,(H2,22,29)(H,23,30)/t20-,21+. The molecule has 4 rings (SSSR count). The average Bonchev–Trinajstić information content (AvgIpc) is 3.27. The van der Waals surface area contributed by atoms with Crippen LogP contribution in [-0.2, 0) is 23.4 Å². The fourth-order valence-electron chi connectivity index (χ4n) is 4.92. The Hall–Kier alpha value is -2.94. The van der Waals surface area contributed by atoms with Crippen LogP contribution in [0.1, 0.15) is 36.9 Å². The Labute approximate surface area is 176 Å². The molecule has 1 spiro atoms.